The van der Waals surface area contributed by atoms with Crippen molar-refractivity contribution in [2.75, 3.05) is 5.32 Å². The molecule has 0 spiro atoms. The number of hydrogen-bond acceptors (Lipinski definition) is 6. The van der Waals surface area contributed by atoms with Gasteiger partial charge in [0.1, 0.15) is 0 Å². The molecule has 2 N–H and O–H groups in total. The van der Waals surface area contributed by atoms with Gasteiger partial charge < -0.3 is 19.0 Å². The number of thiophene rings is 1. The fraction of sp³-hybridized carbons (Fsp3) is 0.524. The van der Waals surface area contributed by atoms with Gasteiger partial charge in [-0.05, 0) is 72.2 Å². The number of carbonyl (C=O) groups is 1. The van der Waals surface area contributed by atoms with Crippen molar-refractivity contribution in [2.45, 2.75) is 75.0 Å². The third-order valence-corrected chi connectivity index (χ3v) is 8.05. The fourth-order valence-electron chi connectivity index (χ4n) is 4.11. The first-order chi connectivity index (χ1) is 13.6. The van der Waals surface area contributed by atoms with Gasteiger partial charge in [-0.1, -0.05) is 19.9 Å². The molecule has 6 nitrogen and oxygen atoms in total. The lowest BCUT2D eigenvalue weighted by atomic mass is 9.90. The molecule has 0 aromatic carbocycles. The minimum atomic E-state index is -1.81. The van der Waals surface area contributed by atoms with Gasteiger partial charge >= 0.3 is 6.03 Å². The van der Waals surface area contributed by atoms with Gasteiger partial charge in [-0.15, -0.1) is 10.6 Å². The van der Waals surface area contributed by atoms with Crippen molar-refractivity contribution in [3.8, 4) is 0 Å². The zero-order valence-electron chi connectivity index (χ0n) is 17.2. The van der Waals surface area contributed by atoms with Gasteiger partial charge in [0.2, 0.25) is 0 Å². The Morgan fingerprint density at radius 3 is 2.76 bits per heavy atom. The molecule has 2 aromatic heterocycles. The van der Waals surface area contributed by atoms with Crippen molar-refractivity contribution in [1.82, 2.24) is 4.98 Å². The van der Waals surface area contributed by atoms with Crippen molar-refractivity contribution in [3.63, 3.8) is 0 Å². The van der Waals surface area contributed by atoms with Crippen molar-refractivity contribution < 1.29 is 14.1 Å². The maximum atomic E-state index is 12.6. The molecule has 0 saturated heterocycles. The summed E-state index contributed by atoms with van der Waals surface area (Å²) < 4.78 is 16.9. The third-order valence-electron chi connectivity index (χ3n) is 5.82. The van der Waals surface area contributed by atoms with Crippen LogP contribution in [0.1, 0.15) is 68.6 Å². The Labute approximate surface area is 177 Å². The number of aromatic nitrogens is 1. The van der Waals surface area contributed by atoms with Crippen LogP contribution in [0, 0.1) is 0 Å². The molecule has 0 unspecified atom stereocenters. The molecule has 0 saturated carbocycles. The molecule has 4 rings (SSSR count). The molecule has 2 heterocycles. The molecular formula is C21H26N3O3S2-. The quantitative estimate of drug-likeness (QED) is 0.680. The Balaban J connectivity index is 1.64. The molecule has 2 aromatic rings. The van der Waals surface area contributed by atoms with Crippen molar-refractivity contribution in [3.05, 3.63) is 39.5 Å². The number of nitrogens with one attached hydrogen (secondary N) is 1. The Morgan fingerprint density at radius 1 is 1.31 bits per heavy atom. The van der Waals surface area contributed by atoms with Crippen LogP contribution in [0.4, 0.5) is 10.5 Å². The number of carbonyl (C=O) groups excluding carboxylic acids is 1. The van der Waals surface area contributed by atoms with E-state index in [1.807, 2.05) is 0 Å². The summed E-state index contributed by atoms with van der Waals surface area (Å²) in [6.45, 7) is 7.71. The smallest absolute Gasteiger partial charge is 0.322 e. The van der Waals surface area contributed by atoms with Crippen LogP contribution in [0.15, 0.2) is 20.0 Å². The van der Waals surface area contributed by atoms with Gasteiger partial charge in [-0.25, -0.2) is 4.79 Å². The van der Waals surface area contributed by atoms with Crippen molar-refractivity contribution >= 4 is 33.7 Å². The van der Waals surface area contributed by atoms with E-state index in [0.29, 0.717) is 9.77 Å². The van der Waals surface area contributed by atoms with E-state index in [1.54, 1.807) is 25.3 Å². The van der Waals surface area contributed by atoms with E-state index >= 15 is 0 Å². The summed E-state index contributed by atoms with van der Waals surface area (Å²) in [5.41, 5.74) is 4.83. The third kappa shape index (κ3) is 3.85. The average Bonchev–Trinajstić information content (AvgIpc) is 3.33. The summed E-state index contributed by atoms with van der Waals surface area (Å²) in [5.74, 6) is 0. The molecule has 0 atom stereocenters. The van der Waals surface area contributed by atoms with E-state index in [1.165, 1.54) is 11.3 Å². The molecule has 156 valence electrons. The summed E-state index contributed by atoms with van der Waals surface area (Å²) in [6.07, 6.45) is 4.74. The lowest BCUT2D eigenvalue weighted by molar-refractivity contribution is 0.0789. The zero-order chi connectivity index (χ0) is 21.0. The number of fused-ring (bicyclic) bond motifs is 2. The molecular weight excluding hydrogens is 406 g/mol. The average molecular weight is 433 g/mol. The second-order valence-electron chi connectivity index (χ2n) is 8.96. The number of aliphatic hydroxyl groups is 1. The molecule has 0 aliphatic heterocycles. The second-order valence-corrected chi connectivity index (χ2v) is 11.3. The minimum Gasteiger partial charge on any atom is -0.439 e. The highest BCUT2D eigenvalue weighted by Crippen LogP contribution is 2.44. The predicted octanol–water partition coefficient (Wildman–Crippen LogP) is 4.82. The van der Waals surface area contributed by atoms with E-state index in [2.05, 4.69) is 23.5 Å². The van der Waals surface area contributed by atoms with Gasteiger partial charge in [-0.3, -0.25) is 4.98 Å². The number of urea groups is 1. The van der Waals surface area contributed by atoms with Crippen LogP contribution in [0.25, 0.3) is 0 Å². The molecule has 29 heavy (non-hydrogen) atoms. The highest BCUT2D eigenvalue weighted by molar-refractivity contribution is 7.78. The summed E-state index contributed by atoms with van der Waals surface area (Å²) in [5, 5.41) is 14.8. The standard InChI is InChI=1S/C21H26N3O3S2/c1-20(2)9-8-14-17(13-6-5-7-15(13)22-18(14)20)23-19(25)24-29(27)16-10-12(11-28-16)21(3,4)26/h10-11,26H,5-9H2,1-4H3,(H,22,23,25)/q-1. The minimum absolute atomic E-state index is 0.00311. The van der Waals surface area contributed by atoms with Gasteiger partial charge in [-0.2, -0.15) is 11.3 Å². The first kappa shape index (κ1) is 20.5. The summed E-state index contributed by atoms with van der Waals surface area (Å²) in [6, 6.07) is 1.04. The number of rotatable bonds is 3. The van der Waals surface area contributed by atoms with Gasteiger partial charge in [0.05, 0.1) is 17.0 Å². The van der Waals surface area contributed by atoms with Crippen molar-refractivity contribution in [1.29, 1.82) is 0 Å². The Hall–Kier alpha value is -1.77. The normalized spacial score (nSPS) is 18.5. The number of pyridine rings is 1. The maximum absolute atomic E-state index is 12.6. The number of anilines is 1. The zero-order valence-corrected chi connectivity index (χ0v) is 18.8. The first-order valence-electron chi connectivity index (χ1n) is 9.87. The van der Waals surface area contributed by atoms with Crippen LogP contribution in [0.2, 0.25) is 0 Å². The molecule has 0 bridgehead atoms. The van der Waals surface area contributed by atoms with Crippen LogP contribution in [-0.4, -0.2) is 16.1 Å². The summed E-state index contributed by atoms with van der Waals surface area (Å²) in [4.78, 5) is 17.5. The van der Waals surface area contributed by atoms with Crippen LogP contribution >= 0.6 is 11.3 Å². The second kappa shape index (κ2) is 7.18. The fourth-order valence-corrected chi connectivity index (χ4v) is 6.01. The number of hydrogen-bond donors (Lipinski definition) is 2. The molecule has 0 fully saturated rings. The summed E-state index contributed by atoms with van der Waals surface area (Å²) >= 11 is 1.23. The highest BCUT2D eigenvalue weighted by Gasteiger charge is 2.36. The Kier molecular flexibility index (Phi) is 5.07. The molecule has 2 amide bonds. The molecule has 2 aliphatic rings. The number of aryl methyl sites for hydroxylation is 1. The van der Waals surface area contributed by atoms with E-state index in [0.717, 1.165) is 60.3 Å². The van der Waals surface area contributed by atoms with Crippen LogP contribution in [0.5, 0.6) is 0 Å². The van der Waals surface area contributed by atoms with E-state index in [9.17, 15) is 14.1 Å². The monoisotopic (exact) mass is 432 g/mol. The van der Waals surface area contributed by atoms with E-state index < -0.39 is 22.2 Å². The molecule has 8 heteroatoms. The number of amides is 2. The van der Waals surface area contributed by atoms with Crippen molar-refractivity contribution in [2.24, 2.45) is 4.36 Å². The summed E-state index contributed by atoms with van der Waals surface area (Å²) in [7, 11) is -1.81. The van der Waals surface area contributed by atoms with Crippen LogP contribution < -0.4 is 5.32 Å². The maximum Gasteiger partial charge on any atom is 0.322 e. The highest BCUT2D eigenvalue weighted by atomic mass is 32.2. The lowest BCUT2D eigenvalue weighted by Gasteiger charge is -2.20. The SMILES string of the molecule is CC(C)(O)c1csc([S-](=O)=NC(=O)Nc2c3c(nc4c2CCC4(C)C)CCC3)c1. The number of nitrogens with zero attached hydrogens (tertiary/aromatic N) is 2. The molecule has 0 radical (unpaired) electrons. The Morgan fingerprint density at radius 2 is 2.07 bits per heavy atom. The van der Waals surface area contributed by atoms with Crippen LogP contribution in [-0.2, 0) is 45.1 Å². The van der Waals surface area contributed by atoms with Gasteiger partial charge in [0.15, 0.2) is 0 Å². The predicted molar refractivity (Wildman–Crippen MR) is 115 cm³/mol. The van der Waals surface area contributed by atoms with Gasteiger partial charge in [0, 0.05) is 11.1 Å². The van der Waals surface area contributed by atoms with Gasteiger partial charge in [0.25, 0.3) is 0 Å². The topological polar surface area (TPSA) is 91.6 Å². The Bertz CT molecular complexity index is 1070. The molecule has 2 aliphatic carbocycles. The lowest BCUT2D eigenvalue weighted by Crippen LogP contribution is -2.17. The van der Waals surface area contributed by atoms with Crippen LogP contribution in [0.3, 0.4) is 0 Å². The largest absolute Gasteiger partial charge is 0.439 e. The van der Waals surface area contributed by atoms with E-state index in [-0.39, 0.29) is 5.41 Å². The van der Waals surface area contributed by atoms with E-state index in [4.69, 9.17) is 4.98 Å². The first-order valence-corrected chi connectivity index (χ1v) is 11.9.